The molecule has 0 fully saturated rings. The topological polar surface area (TPSA) is 36.4 Å². The fourth-order valence-corrected chi connectivity index (χ4v) is 1.70. The molecule has 2 rings (SSSR count). The number of para-hydroxylation sites is 1. The number of nitrogens with one attached hydrogen (secondary N) is 2. The molecule has 24 heavy (non-hydrogen) atoms. The second kappa shape index (κ2) is 15.3. The molecule has 2 aromatic rings. The highest BCUT2D eigenvalue weighted by molar-refractivity contribution is 5.57. The van der Waals surface area contributed by atoms with Crippen molar-refractivity contribution in [2.24, 2.45) is 5.10 Å². The van der Waals surface area contributed by atoms with Crippen molar-refractivity contribution < 1.29 is 0 Å². The van der Waals surface area contributed by atoms with Crippen molar-refractivity contribution in [2.75, 3.05) is 12.4 Å². The first kappa shape index (κ1) is 21.4. The minimum absolute atomic E-state index is 0.862. The maximum absolute atomic E-state index is 4.01. The molecule has 0 aromatic heterocycles. The monoisotopic (exact) mass is 325 g/mol. The van der Waals surface area contributed by atoms with Crippen molar-refractivity contribution in [1.29, 1.82) is 0 Å². The highest BCUT2D eigenvalue weighted by atomic mass is 15.3. The number of anilines is 1. The molecule has 0 saturated carbocycles. The Morgan fingerprint density at radius 1 is 1.00 bits per heavy atom. The van der Waals surface area contributed by atoms with Gasteiger partial charge in [-0.15, -0.1) is 0 Å². The molecule has 2 aromatic carbocycles. The normalized spacial score (nSPS) is 9.17. The second-order valence-corrected chi connectivity index (χ2v) is 4.84. The van der Waals surface area contributed by atoms with E-state index in [0.29, 0.717) is 0 Å². The molecule has 0 saturated heterocycles. The van der Waals surface area contributed by atoms with Gasteiger partial charge >= 0.3 is 0 Å². The quantitative estimate of drug-likeness (QED) is 0.545. The molecular formula is C21H31N3. The molecule has 0 radical (unpaired) electrons. The van der Waals surface area contributed by atoms with Crippen LogP contribution in [0.15, 0.2) is 78.0 Å². The van der Waals surface area contributed by atoms with Crippen LogP contribution < -0.4 is 10.7 Å². The number of allylic oxidation sites excluding steroid dienone is 1. The summed E-state index contributed by atoms with van der Waals surface area (Å²) in [5.41, 5.74) is 6.17. The molecular weight excluding hydrogens is 294 g/mol. The zero-order chi connectivity index (χ0) is 18.0. The lowest BCUT2D eigenvalue weighted by Gasteiger charge is -1.97. The molecule has 3 heteroatoms. The van der Waals surface area contributed by atoms with Crippen LogP contribution in [0.2, 0.25) is 0 Å². The molecule has 2 N–H and O–H groups in total. The van der Waals surface area contributed by atoms with E-state index < -0.39 is 0 Å². The third-order valence-corrected chi connectivity index (χ3v) is 2.81. The standard InChI is InChI=1S/C12H16N2.C7H9N.C2H6/c1-11(2)14-13-10-6-9-12-7-4-3-5-8-12;1-8-7-5-3-2-4-6-7;1-2/h3-5,7-8,10,14H,1,6,9H2,2H3;2-6,8H,1H3;1-2H3/b13-10-;;. The van der Waals surface area contributed by atoms with Crippen LogP contribution in [0.5, 0.6) is 0 Å². The van der Waals surface area contributed by atoms with Gasteiger partial charge in [0.25, 0.3) is 0 Å². The van der Waals surface area contributed by atoms with Crippen molar-refractivity contribution in [3.63, 3.8) is 0 Å². The summed E-state index contributed by atoms with van der Waals surface area (Å²) in [4.78, 5) is 0. The fourth-order valence-electron chi connectivity index (χ4n) is 1.70. The molecule has 0 aliphatic heterocycles. The Labute approximate surface area is 147 Å². The van der Waals surface area contributed by atoms with Crippen LogP contribution in [0.1, 0.15) is 32.8 Å². The zero-order valence-electron chi connectivity index (χ0n) is 15.4. The van der Waals surface area contributed by atoms with Gasteiger partial charge in [0.2, 0.25) is 0 Å². The zero-order valence-corrected chi connectivity index (χ0v) is 15.4. The predicted molar refractivity (Wildman–Crippen MR) is 109 cm³/mol. The van der Waals surface area contributed by atoms with E-state index in [-0.39, 0.29) is 0 Å². The van der Waals surface area contributed by atoms with Crippen LogP contribution in [-0.2, 0) is 6.42 Å². The van der Waals surface area contributed by atoms with Crippen LogP contribution >= 0.6 is 0 Å². The maximum Gasteiger partial charge on any atom is 0.0337 e. The van der Waals surface area contributed by atoms with Gasteiger partial charge in [0.05, 0.1) is 0 Å². The van der Waals surface area contributed by atoms with Crippen LogP contribution in [0.4, 0.5) is 5.69 Å². The van der Waals surface area contributed by atoms with Crippen molar-refractivity contribution in [2.45, 2.75) is 33.6 Å². The fraction of sp³-hybridized carbons (Fsp3) is 0.286. The van der Waals surface area contributed by atoms with Crippen LogP contribution in [0, 0.1) is 0 Å². The average Bonchev–Trinajstić information content (AvgIpc) is 2.65. The van der Waals surface area contributed by atoms with E-state index in [9.17, 15) is 0 Å². The first-order valence-electron chi connectivity index (χ1n) is 8.42. The Kier molecular flexibility index (Phi) is 13.7. The van der Waals surface area contributed by atoms with Crippen LogP contribution in [0.3, 0.4) is 0 Å². The van der Waals surface area contributed by atoms with E-state index >= 15 is 0 Å². The van der Waals surface area contributed by atoms with Gasteiger partial charge in [-0.2, -0.15) is 5.10 Å². The first-order chi connectivity index (χ1) is 11.7. The summed E-state index contributed by atoms with van der Waals surface area (Å²) < 4.78 is 0. The Balaban J connectivity index is 0.000000447. The van der Waals surface area contributed by atoms with Gasteiger partial charge in [0.1, 0.15) is 0 Å². The van der Waals surface area contributed by atoms with Crippen molar-refractivity contribution in [3.05, 3.63) is 78.5 Å². The SMILES string of the molecule is C=C(C)N/N=C\CCc1ccccc1.CC.CNc1ccccc1. The van der Waals surface area contributed by atoms with E-state index in [2.05, 4.69) is 46.7 Å². The largest absolute Gasteiger partial charge is 0.388 e. The molecule has 0 unspecified atom stereocenters. The van der Waals surface area contributed by atoms with Gasteiger partial charge in [0.15, 0.2) is 0 Å². The Morgan fingerprint density at radius 3 is 2.00 bits per heavy atom. The number of hydrazone groups is 1. The van der Waals surface area contributed by atoms with Crippen molar-refractivity contribution >= 4 is 11.9 Å². The Hall–Kier alpha value is -2.55. The molecule has 0 atom stereocenters. The number of rotatable bonds is 6. The van der Waals surface area contributed by atoms with E-state index in [1.165, 1.54) is 5.56 Å². The molecule has 0 heterocycles. The minimum Gasteiger partial charge on any atom is -0.388 e. The van der Waals surface area contributed by atoms with Gasteiger partial charge in [0, 0.05) is 24.6 Å². The van der Waals surface area contributed by atoms with Gasteiger partial charge in [-0.1, -0.05) is 69.0 Å². The second-order valence-electron chi connectivity index (χ2n) is 4.84. The number of hydrogen-bond acceptors (Lipinski definition) is 3. The lowest BCUT2D eigenvalue weighted by Crippen LogP contribution is -2.00. The third kappa shape index (κ3) is 12.0. The maximum atomic E-state index is 4.01. The Morgan fingerprint density at radius 2 is 1.54 bits per heavy atom. The summed E-state index contributed by atoms with van der Waals surface area (Å²) in [5.74, 6) is 0. The van der Waals surface area contributed by atoms with E-state index in [0.717, 1.165) is 24.2 Å². The van der Waals surface area contributed by atoms with E-state index in [4.69, 9.17) is 0 Å². The van der Waals surface area contributed by atoms with Crippen LogP contribution in [0.25, 0.3) is 0 Å². The summed E-state index contributed by atoms with van der Waals surface area (Å²) in [5, 5.41) is 7.04. The van der Waals surface area contributed by atoms with Crippen molar-refractivity contribution in [1.82, 2.24) is 5.43 Å². The number of nitrogens with zero attached hydrogens (tertiary/aromatic N) is 1. The summed E-state index contributed by atoms with van der Waals surface area (Å²) in [6.45, 7) is 9.57. The molecule has 0 spiro atoms. The Bertz CT molecular complexity index is 548. The lowest BCUT2D eigenvalue weighted by molar-refractivity contribution is 0.887. The number of aryl methyl sites for hydroxylation is 1. The van der Waals surface area contributed by atoms with Gasteiger partial charge in [-0.3, -0.25) is 5.43 Å². The third-order valence-electron chi connectivity index (χ3n) is 2.81. The summed E-state index contributed by atoms with van der Waals surface area (Å²) in [6.07, 6.45) is 3.86. The summed E-state index contributed by atoms with van der Waals surface area (Å²) in [7, 11) is 1.91. The van der Waals surface area contributed by atoms with Crippen molar-refractivity contribution in [3.8, 4) is 0 Å². The average molecular weight is 326 g/mol. The molecule has 0 aliphatic carbocycles. The summed E-state index contributed by atoms with van der Waals surface area (Å²) in [6, 6.07) is 20.5. The van der Waals surface area contributed by atoms with E-state index in [1.54, 1.807) is 0 Å². The smallest absolute Gasteiger partial charge is 0.0337 e. The predicted octanol–water partition coefficient (Wildman–Crippen LogP) is 5.48. The van der Waals surface area contributed by atoms with Crippen LogP contribution in [-0.4, -0.2) is 13.3 Å². The number of hydrogen-bond donors (Lipinski definition) is 2. The highest BCUT2D eigenvalue weighted by Crippen LogP contribution is 2.01. The van der Waals surface area contributed by atoms with Gasteiger partial charge < -0.3 is 5.32 Å². The van der Waals surface area contributed by atoms with E-state index in [1.807, 2.05) is 70.4 Å². The van der Waals surface area contributed by atoms with Gasteiger partial charge in [-0.25, -0.2) is 0 Å². The molecule has 0 bridgehead atoms. The summed E-state index contributed by atoms with van der Waals surface area (Å²) >= 11 is 0. The first-order valence-corrected chi connectivity index (χ1v) is 8.42. The molecule has 0 amide bonds. The molecule has 0 aliphatic rings. The molecule has 3 nitrogen and oxygen atoms in total. The van der Waals surface area contributed by atoms with Gasteiger partial charge in [-0.05, 0) is 37.5 Å². The highest BCUT2D eigenvalue weighted by Gasteiger charge is 1.88. The lowest BCUT2D eigenvalue weighted by atomic mass is 10.1. The molecule has 130 valence electrons. The number of benzene rings is 2. The minimum atomic E-state index is 0.862.